The highest BCUT2D eigenvalue weighted by Crippen LogP contribution is 2.12. The van der Waals surface area contributed by atoms with E-state index < -0.39 is 0 Å². The molecule has 0 aliphatic carbocycles. The van der Waals surface area contributed by atoms with E-state index in [-0.39, 0.29) is 6.10 Å². The molecule has 0 unspecified atom stereocenters. The highest BCUT2D eigenvalue weighted by atomic mass is 16.5. The first kappa shape index (κ1) is 8.78. The third kappa shape index (κ3) is 2.38. The van der Waals surface area contributed by atoms with Gasteiger partial charge in [0.2, 0.25) is 0 Å². The molecule has 0 amide bonds. The largest absolute Gasteiger partial charge is 0.491 e. The molecule has 1 aromatic rings. The fourth-order valence-electron chi connectivity index (χ4n) is 0.915. The van der Waals surface area contributed by atoms with Crippen molar-refractivity contribution in [1.82, 2.24) is 0 Å². The van der Waals surface area contributed by atoms with E-state index in [2.05, 4.69) is 0 Å². The van der Waals surface area contributed by atoms with Gasteiger partial charge in [0.15, 0.2) is 0 Å². The zero-order valence-electron chi connectivity index (χ0n) is 7.37. The third-order valence-corrected chi connectivity index (χ3v) is 1.42. The van der Waals surface area contributed by atoms with Crippen LogP contribution in [0.1, 0.15) is 19.4 Å². The van der Waals surface area contributed by atoms with Crippen LogP contribution in [-0.2, 0) is 0 Å². The Morgan fingerprint density at radius 3 is 2.25 bits per heavy atom. The van der Waals surface area contributed by atoms with Crippen LogP contribution in [0.2, 0.25) is 0 Å². The molecule has 0 aliphatic rings. The molecular formula is C10H13NO. The Labute approximate surface area is 72.7 Å². The topological polar surface area (TPSA) is 33.1 Å². The first-order valence-corrected chi connectivity index (χ1v) is 3.99. The van der Waals surface area contributed by atoms with Gasteiger partial charge in [-0.15, -0.1) is 0 Å². The minimum absolute atomic E-state index is 0.204. The number of ether oxygens (including phenoxy) is 1. The summed E-state index contributed by atoms with van der Waals surface area (Å²) in [6, 6.07) is 7.48. The van der Waals surface area contributed by atoms with Crippen molar-refractivity contribution in [2.45, 2.75) is 20.0 Å². The summed E-state index contributed by atoms with van der Waals surface area (Å²) >= 11 is 0. The number of hydrogen-bond acceptors (Lipinski definition) is 2. The Bertz CT molecular complexity index is 251. The lowest BCUT2D eigenvalue weighted by Crippen LogP contribution is -2.05. The van der Waals surface area contributed by atoms with Crippen LogP contribution in [0, 0.1) is 5.41 Å². The van der Waals surface area contributed by atoms with Crippen molar-refractivity contribution in [3.63, 3.8) is 0 Å². The molecular weight excluding hydrogens is 150 g/mol. The molecule has 0 saturated heterocycles. The Hall–Kier alpha value is -1.31. The Morgan fingerprint density at radius 2 is 1.83 bits per heavy atom. The summed E-state index contributed by atoms with van der Waals surface area (Å²) in [5, 5.41) is 6.99. The maximum atomic E-state index is 6.99. The Balaban J connectivity index is 2.71. The maximum absolute atomic E-state index is 6.99. The summed E-state index contributed by atoms with van der Waals surface area (Å²) in [5.74, 6) is 0.857. The van der Waals surface area contributed by atoms with Gasteiger partial charge in [-0.2, -0.15) is 0 Å². The van der Waals surface area contributed by atoms with E-state index in [1.165, 1.54) is 6.21 Å². The summed E-state index contributed by atoms with van der Waals surface area (Å²) < 4.78 is 5.44. The first-order valence-electron chi connectivity index (χ1n) is 3.99. The van der Waals surface area contributed by atoms with Gasteiger partial charge in [-0.25, -0.2) is 0 Å². The fraction of sp³-hybridized carbons (Fsp3) is 0.300. The van der Waals surface area contributed by atoms with Crippen molar-refractivity contribution in [2.24, 2.45) is 0 Å². The molecule has 0 radical (unpaired) electrons. The summed E-state index contributed by atoms with van der Waals surface area (Å²) in [4.78, 5) is 0. The summed E-state index contributed by atoms with van der Waals surface area (Å²) in [6.45, 7) is 3.98. The van der Waals surface area contributed by atoms with E-state index in [1.807, 2.05) is 38.1 Å². The lowest BCUT2D eigenvalue weighted by Gasteiger charge is -2.08. The monoisotopic (exact) mass is 163 g/mol. The van der Waals surface area contributed by atoms with Crippen LogP contribution in [0.25, 0.3) is 0 Å². The average Bonchev–Trinajstić information content (AvgIpc) is 2.05. The average molecular weight is 163 g/mol. The zero-order valence-corrected chi connectivity index (χ0v) is 7.37. The van der Waals surface area contributed by atoms with Gasteiger partial charge in [-0.1, -0.05) is 0 Å². The molecule has 0 fully saturated rings. The van der Waals surface area contributed by atoms with Gasteiger partial charge in [-0.05, 0) is 43.7 Å². The Morgan fingerprint density at radius 1 is 1.25 bits per heavy atom. The van der Waals surface area contributed by atoms with Gasteiger partial charge in [0.25, 0.3) is 0 Å². The van der Waals surface area contributed by atoms with Crippen LogP contribution in [-0.4, -0.2) is 12.3 Å². The van der Waals surface area contributed by atoms with E-state index >= 15 is 0 Å². The smallest absolute Gasteiger partial charge is 0.119 e. The van der Waals surface area contributed by atoms with Gasteiger partial charge in [0, 0.05) is 6.21 Å². The maximum Gasteiger partial charge on any atom is 0.119 e. The van der Waals surface area contributed by atoms with E-state index in [0.717, 1.165) is 11.3 Å². The summed E-state index contributed by atoms with van der Waals surface area (Å²) in [5.41, 5.74) is 0.895. The molecule has 0 saturated carbocycles. The lowest BCUT2D eigenvalue weighted by molar-refractivity contribution is 0.242. The van der Waals surface area contributed by atoms with Gasteiger partial charge >= 0.3 is 0 Å². The van der Waals surface area contributed by atoms with E-state index in [0.29, 0.717) is 0 Å². The lowest BCUT2D eigenvalue weighted by atomic mass is 10.2. The van der Waals surface area contributed by atoms with Crippen molar-refractivity contribution in [2.75, 3.05) is 0 Å². The number of hydrogen-bond donors (Lipinski definition) is 1. The van der Waals surface area contributed by atoms with Crippen molar-refractivity contribution in [3.8, 4) is 5.75 Å². The van der Waals surface area contributed by atoms with Crippen LogP contribution >= 0.6 is 0 Å². The third-order valence-electron chi connectivity index (χ3n) is 1.42. The van der Waals surface area contributed by atoms with Crippen LogP contribution in [0.3, 0.4) is 0 Å². The van der Waals surface area contributed by atoms with Crippen molar-refractivity contribution in [3.05, 3.63) is 29.8 Å². The quantitative estimate of drug-likeness (QED) is 0.682. The van der Waals surface area contributed by atoms with Crippen LogP contribution in [0.15, 0.2) is 24.3 Å². The molecule has 0 spiro atoms. The van der Waals surface area contributed by atoms with Gasteiger partial charge in [0.1, 0.15) is 5.75 Å². The molecule has 1 aromatic carbocycles. The van der Waals surface area contributed by atoms with Gasteiger partial charge in [-0.3, -0.25) is 0 Å². The van der Waals surface area contributed by atoms with Gasteiger partial charge in [0.05, 0.1) is 6.10 Å². The molecule has 1 rings (SSSR count). The molecule has 0 atom stereocenters. The predicted molar refractivity (Wildman–Crippen MR) is 50.1 cm³/mol. The highest BCUT2D eigenvalue weighted by molar-refractivity contribution is 5.76. The van der Waals surface area contributed by atoms with Crippen molar-refractivity contribution >= 4 is 6.21 Å². The molecule has 1 N–H and O–H groups in total. The zero-order chi connectivity index (χ0) is 8.97. The second-order valence-corrected chi connectivity index (χ2v) is 2.88. The van der Waals surface area contributed by atoms with Crippen molar-refractivity contribution in [1.29, 1.82) is 5.41 Å². The molecule has 0 aliphatic heterocycles. The minimum atomic E-state index is 0.204. The molecule has 2 heteroatoms. The van der Waals surface area contributed by atoms with Crippen LogP contribution in [0.5, 0.6) is 5.75 Å². The molecule has 12 heavy (non-hydrogen) atoms. The number of nitrogens with one attached hydrogen (secondary N) is 1. The van der Waals surface area contributed by atoms with E-state index in [1.54, 1.807) is 0 Å². The SMILES string of the molecule is CC(C)Oc1ccc(C=N)cc1. The fourth-order valence-corrected chi connectivity index (χ4v) is 0.915. The van der Waals surface area contributed by atoms with Gasteiger partial charge < -0.3 is 10.1 Å². The van der Waals surface area contributed by atoms with Crippen LogP contribution in [0.4, 0.5) is 0 Å². The number of rotatable bonds is 3. The van der Waals surface area contributed by atoms with Crippen LogP contribution < -0.4 is 4.74 Å². The molecule has 0 heterocycles. The van der Waals surface area contributed by atoms with E-state index in [9.17, 15) is 0 Å². The predicted octanol–water partition coefficient (Wildman–Crippen LogP) is 2.47. The first-order chi connectivity index (χ1) is 5.72. The molecule has 2 nitrogen and oxygen atoms in total. The number of benzene rings is 1. The second kappa shape index (κ2) is 3.90. The molecule has 0 aromatic heterocycles. The van der Waals surface area contributed by atoms with E-state index in [4.69, 9.17) is 10.1 Å². The van der Waals surface area contributed by atoms with Crippen molar-refractivity contribution < 1.29 is 4.74 Å². The molecule has 0 bridgehead atoms. The molecule has 64 valence electrons. The standard InChI is InChI=1S/C10H13NO/c1-8(2)12-10-5-3-9(7-11)4-6-10/h3-8,11H,1-2H3. The normalized spacial score (nSPS) is 9.92. The summed E-state index contributed by atoms with van der Waals surface area (Å²) in [7, 11) is 0. The summed E-state index contributed by atoms with van der Waals surface area (Å²) in [6.07, 6.45) is 1.52. The highest BCUT2D eigenvalue weighted by Gasteiger charge is 1.95. The minimum Gasteiger partial charge on any atom is -0.491 e. The Kier molecular flexibility index (Phi) is 2.86. The second-order valence-electron chi connectivity index (χ2n) is 2.88.